The zero-order valence-electron chi connectivity index (χ0n) is 14.8. The lowest BCUT2D eigenvalue weighted by atomic mass is 10.2. The van der Waals surface area contributed by atoms with Crippen LogP contribution in [0.3, 0.4) is 0 Å². The molecule has 2 N–H and O–H groups in total. The maximum atomic E-state index is 13.0. The lowest BCUT2D eigenvalue weighted by Gasteiger charge is -2.31. The number of piperazine rings is 1. The molecule has 1 aliphatic rings. The molecule has 8 heteroatoms. The molecule has 0 aromatic heterocycles. The van der Waals surface area contributed by atoms with Gasteiger partial charge in [0.15, 0.2) is 6.54 Å². The molecule has 1 amide bonds. The van der Waals surface area contributed by atoms with E-state index in [9.17, 15) is 17.6 Å². The zero-order chi connectivity index (χ0) is 18.4. The number of halogens is 1. The van der Waals surface area contributed by atoms with Gasteiger partial charge in [-0.15, -0.1) is 0 Å². The number of quaternary nitrogens is 1. The summed E-state index contributed by atoms with van der Waals surface area (Å²) in [7, 11) is -3.60. The maximum absolute atomic E-state index is 13.0. The first-order valence-electron chi connectivity index (χ1n) is 8.71. The third kappa shape index (κ3) is 5.49. The Balaban J connectivity index is 1.86. The minimum atomic E-state index is -3.60. The lowest BCUT2D eigenvalue weighted by Crippen LogP contribution is -3.15. The summed E-state index contributed by atoms with van der Waals surface area (Å²) < 4.78 is 39.5. The molecule has 1 aliphatic heterocycles. The van der Waals surface area contributed by atoms with Crippen LogP contribution in [0.2, 0.25) is 0 Å². The van der Waals surface area contributed by atoms with E-state index in [1.165, 1.54) is 16.4 Å². The molecule has 1 aromatic carbocycles. The van der Waals surface area contributed by atoms with Gasteiger partial charge in [-0.3, -0.25) is 4.79 Å². The van der Waals surface area contributed by atoms with Gasteiger partial charge in [0.25, 0.3) is 5.91 Å². The zero-order valence-corrected chi connectivity index (χ0v) is 15.6. The summed E-state index contributed by atoms with van der Waals surface area (Å²) in [5.41, 5.74) is 0. The van der Waals surface area contributed by atoms with E-state index in [0.717, 1.165) is 29.9 Å². The summed E-state index contributed by atoms with van der Waals surface area (Å²) in [6, 6.07) is 5.03. The predicted octanol–water partition coefficient (Wildman–Crippen LogP) is 0.0197. The highest BCUT2D eigenvalue weighted by Crippen LogP contribution is 2.15. The van der Waals surface area contributed by atoms with Crippen LogP contribution in [0.1, 0.15) is 26.7 Å². The van der Waals surface area contributed by atoms with E-state index in [1.54, 1.807) is 0 Å². The number of rotatable bonds is 7. The molecule has 25 heavy (non-hydrogen) atoms. The molecule has 2 rings (SSSR count). The Bertz CT molecular complexity index is 671. The van der Waals surface area contributed by atoms with Crippen molar-refractivity contribution in [1.29, 1.82) is 0 Å². The lowest BCUT2D eigenvalue weighted by molar-refractivity contribution is -0.895. The minimum Gasteiger partial charge on any atom is -0.349 e. The molecule has 140 valence electrons. The highest BCUT2D eigenvalue weighted by Gasteiger charge is 2.31. The van der Waals surface area contributed by atoms with Crippen molar-refractivity contribution in [1.82, 2.24) is 9.62 Å². The number of hydrogen-bond donors (Lipinski definition) is 2. The summed E-state index contributed by atoms with van der Waals surface area (Å²) >= 11 is 0. The molecule has 0 aliphatic carbocycles. The van der Waals surface area contributed by atoms with Gasteiger partial charge in [0.2, 0.25) is 10.0 Å². The van der Waals surface area contributed by atoms with Gasteiger partial charge < -0.3 is 10.2 Å². The van der Waals surface area contributed by atoms with E-state index in [-0.39, 0.29) is 16.8 Å². The molecule has 1 fully saturated rings. The van der Waals surface area contributed by atoms with E-state index in [0.29, 0.717) is 32.7 Å². The molecular weight excluding hydrogens is 345 g/mol. The minimum absolute atomic E-state index is 0.00536. The average Bonchev–Trinajstić information content (AvgIpc) is 2.55. The number of hydrogen-bond acceptors (Lipinski definition) is 3. The third-order valence-corrected chi connectivity index (χ3v) is 6.33. The number of nitrogens with zero attached hydrogens (tertiary/aromatic N) is 1. The summed E-state index contributed by atoms with van der Waals surface area (Å²) in [4.78, 5) is 13.2. The van der Waals surface area contributed by atoms with Crippen LogP contribution in [0.15, 0.2) is 29.2 Å². The molecule has 6 nitrogen and oxygen atoms in total. The van der Waals surface area contributed by atoms with E-state index in [4.69, 9.17) is 0 Å². The molecule has 0 spiro atoms. The summed E-state index contributed by atoms with van der Waals surface area (Å²) in [5.74, 6) is -0.456. The number of benzene rings is 1. The van der Waals surface area contributed by atoms with Crippen LogP contribution in [0, 0.1) is 5.82 Å². The largest absolute Gasteiger partial charge is 0.349 e. The Morgan fingerprint density at radius 2 is 1.88 bits per heavy atom. The van der Waals surface area contributed by atoms with Crippen LogP contribution in [-0.4, -0.2) is 57.4 Å². The molecule has 1 heterocycles. The predicted molar refractivity (Wildman–Crippen MR) is 93.2 cm³/mol. The smallest absolute Gasteiger partial charge is 0.275 e. The average molecular weight is 372 g/mol. The SMILES string of the molecule is CCC[C@@H](C)NC(=O)C[NH+]1CCN(S(=O)(=O)c2ccc(F)cc2)CC1. The Labute approximate surface area is 149 Å². The van der Waals surface area contributed by atoms with Crippen molar-refractivity contribution >= 4 is 15.9 Å². The molecule has 1 aromatic rings. The van der Waals surface area contributed by atoms with Gasteiger partial charge in [-0.25, -0.2) is 12.8 Å². The first-order valence-corrected chi connectivity index (χ1v) is 10.2. The van der Waals surface area contributed by atoms with Crippen molar-refractivity contribution in [2.45, 2.75) is 37.6 Å². The van der Waals surface area contributed by atoms with E-state index >= 15 is 0 Å². The second-order valence-corrected chi connectivity index (χ2v) is 8.48. The van der Waals surface area contributed by atoms with Gasteiger partial charge in [0, 0.05) is 6.04 Å². The van der Waals surface area contributed by atoms with Crippen LogP contribution in [-0.2, 0) is 14.8 Å². The first kappa shape index (κ1) is 19.8. The van der Waals surface area contributed by atoms with Crippen molar-refractivity contribution in [3.05, 3.63) is 30.1 Å². The first-order chi connectivity index (χ1) is 11.8. The third-order valence-electron chi connectivity index (χ3n) is 4.42. The summed E-state index contributed by atoms with van der Waals surface area (Å²) in [6.07, 6.45) is 1.97. The molecule has 0 saturated carbocycles. The molecule has 1 atom stereocenters. The Morgan fingerprint density at radius 1 is 1.28 bits per heavy atom. The molecule has 0 bridgehead atoms. The molecule has 0 radical (unpaired) electrons. The summed E-state index contributed by atoms with van der Waals surface area (Å²) in [5, 5.41) is 2.97. The highest BCUT2D eigenvalue weighted by molar-refractivity contribution is 7.89. The van der Waals surface area contributed by atoms with Crippen molar-refractivity contribution < 1.29 is 22.5 Å². The van der Waals surface area contributed by atoms with Gasteiger partial charge in [-0.1, -0.05) is 13.3 Å². The molecule has 1 saturated heterocycles. The standard InChI is InChI=1S/C17H26FN3O3S/c1-3-4-14(2)19-17(22)13-20-9-11-21(12-10-20)25(23,24)16-7-5-15(18)6-8-16/h5-8,14H,3-4,9-13H2,1-2H3,(H,19,22)/p+1/t14-/m1/s1. The van der Waals surface area contributed by atoms with Crippen LogP contribution in [0.4, 0.5) is 4.39 Å². The van der Waals surface area contributed by atoms with Crippen molar-refractivity contribution in [3.63, 3.8) is 0 Å². The number of nitrogens with one attached hydrogen (secondary N) is 2. The van der Waals surface area contributed by atoms with Gasteiger partial charge >= 0.3 is 0 Å². The molecule has 0 unspecified atom stereocenters. The maximum Gasteiger partial charge on any atom is 0.275 e. The topological polar surface area (TPSA) is 70.9 Å². The van der Waals surface area contributed by atoms with Crippen LogP contribution in [0.5, 0.6) is 0 Å². The number of carbonyl (C=O) groups is 1. The van der Waals surface area contributed by atoms with Crippen LogP contribution >= 0.6 is 0 Å². The van der Waals surface area contributed by atoms with Crippen molar-refractivity contribution in [2.75, 3.05) is 32.7 Å². The van der Waals surface area contributed by atoms with Gasteiger partial charge in [-0.05, 0) is 37.6 Å². The quantitative estimate of drug-likeness (QED) is 0.709. The fourth-order valence-electron chi connectivity index (χ4n) is 3.03. The van der Waals surface area contributed by atoms with Crippen LogP contribution in [0.25, 0.3) is 0 Å². The fraction of sp³-hybridized carbons (Fsp3) is 0.588. The highest BCUT2D eigenvalue weighted by atomic mass is 32.2. The van der Waals surface area contributed by atoms with Crippen molar-refractivity contribution in [2.24, 2.45) is 0 Å². The fourth-order valence-corrected chi connectivity index (χ4v) is 4.47. The van der Waals surface area contributed by atoms with Crippen molar-refractivity contribution in [3.8, 4) is 0 Å². The van der Waals surface area contributed by atoms with E-state index in [1.807, 2.05) is 6.92 Å². The number of carbonyl (C=O) groups excluding carboxylic acids is 1. The monoisotopic (exact) mass is 372 g/mol. The van der Waals surface area contributed by atoms with E-state index in [2.05, 4.69) is 12.2 Å². The second-order valence-electron chi connectivity index (χ2n) is 6.54. The van der Waals surface area contributed by atoms with Gasteiger partial charge in [0.05, 0.1) is 31.1 Å². The van der Waals surface area contributed by atoms with Gasteiger partial charge in [0.1, 0.15) is 5.82 Å². The second kappa shape index (κ2) is 8.73. The summed E-state index contributed by atoms with van der Waals surface area (Å²) in [6.45, 7) is 6.29. The van der Waals surface area contributed by atoms with Crippen LogP contribution < -0.4 is 10.2 Å². The van der Waals surface area contributed by atoms with Gasteiger partial charge in [-0.2, -0.15) is 4.31 Å². The van der Waals surface area contributed by atoms with E-state index < -0.39 is 15.8 Å². The Morgan fingerprint density at radius 3 is 2.44 bits per heavy atom. The number of amides is 1. The molecular formula is C17H27FN3O3S+. The number of sulfonamides is 1. The Kier molecular flexibility index (Phi) is 6.92. The Hall–Kier alpha value is -1.51. The normalized spacial score (nSPS) is 18.0.